The molecule has 2 rings (SSSR count). The summed E-state index contributed by atoms with van der Waals surface area (Å²) in [6, 6.07) is 4.38. The lowest BCUT2D eigenvalue weighted by atomic mass is 10.00. The summed E-state index contributed by atoms with van der Waals surface area (Å²) in [6.45, 7) is 1.96. The minimum absolute atomic E-state index is 0.198. The molecule has 1 aromatic carbocycles. The molecule has 1 fully saturated rings. The quantitative estimate of drug-likeness (QED) is 0.662. The van der Waals surface area contributed by atoms with E-state index >= 15 is 0 Å². The molecular formula is C16H18N2O4. The summed E-state index contributed by atoms with van der Waals surface area (Å²) < 4.78 is 0. The Balaban J connectivity index is 2.25. The van der Waals surface area contributed by atoms with E-state index in [1.165, 1.54) is 11.9 Å². The first-order chi connectivity index (χ1) is 10.5. The Morgan fingerprint density at radius 2 is 2.14 bits per heavy atom. The Morgan fingerprint density at radius 3 is 2.73 bits per heavy atom. The number of rotatable bonds is 4. The van der Waals surface area contributed by atoms with Crippen molar-refractivity contribution in [2.75, 3.05) is 7.05 Å². The number of imide groups is 1. The van der Waals surface area contributed by atoms with Crippen molar-refractivity contribution in [3.63, 3.8) is 0 Å². The zero-order valence-electron chi connectivity index (χ0n) is 12.6. The number of nitrogens with one attached hydrogen (secondary N) is 1. The van der Waals surface area contributed by atoms with Gasteiger partial charge in [0.25, 0.3) is 5.91 Å². The zero-order chi connectivity index (χ0) is 16.3. The van der Waals surface area contributed by atoms with E-state index in [0.29, 0.717) is 11.8 Å². The molecule has 1 N–H and O–H groups in total. The number of hydrogen-bond donors (Lipinski definition) is 1. The largest absolute Gasteiger partial charge is 0.330 e. The molecule has 0 radical (unpaired) electrons. The summed E-state index contributed by atoms with van der Waals surface area (Å²) in [5.74, 6) is -1.22. The molecule has 1 aliphatic rings. The van der Waals surface area contributed by atoms with E-state index in [4.69, 9.17) is 0 Å². The van der Waals surface area contributed by atoms with Crippen LogP contribution in [0, 0.1) is 0 Å². The predicted molar refractivity (Wildman–Crippen MR) is 79.5 cm³/mol. The van der Waals surface area contributed by atoms with Crippen molar-refractivity contribution in [1.82, 2.24) is 10.2 Å². The van der Waals surface area contributed by atoms with Crippen LogP contribution in [0.1, 0.15) is 46.0 Å². The van der Waals surface area contributed by atoms with Crippen LogP contribution < -0.4 is 5.32 Å². The SMILES string of the molecule is CCc1ccc(C(=O)N(C)C2CCC(=O)NC2=O)c(C=O)c1. The summed E-state index contributed by atoms with van der Waals surface area (Å²) in [5, 5.41) is 2.22. The van der Waals surface area contributed by atoms with Gasteiger partial charge in [0, 0.05) is 19.0 Å². The summed E-state index contributed by atoms with van der Waals surface area (Å²) in [7, 11) is 1.50. The van der Waals surface area contributed by atoms with E-state index in [0.717, 1.165) is 12.0 Å². The second-order valence-corrected chi connectivity index (χ2v) is 5.28. The van der Waals surface area contributed by atoms with Crippen LogP contribution in [0.25, 0.3) is 0 Å². The molecule has 6 heteroatoms. The fraction of sp³-hybridized carbons (Fsp3) is 0.375. The first-order valence-corrected chi connectivity index (χ1v) is 7.16. The molecule has 6 nitrogen and oxygen atoms in total. The smallest absolute Gasteiger partial charge is 0.255 e. The van der Waals surface area contributed by atoms with Crippen LogP contribution in [-0.4, -0.2) is 42.0 Å². The van der Waals surface area contributed by atoms with Gasteiger partial charge in [-0.05, 0) is 30.5 Å². The molecule has 1 atom stereocenters. The molecule has 3 amide bonds. The number of nitrogens with zero attached hydrogens (tertiary/aromatic N) is 1. The minimum Gasteiger partial charge on any atom is -0.330 e. The zero-order valence-corrected chi connectivity index (χ0v) is 12.6. The number of amides is 3. The van der Waals surface area contributed by atoms with Crippen molar-refractivity contribution in [2.45, 2.75) is 32.2 Å². The minimum atomic E-state index is -0.699. The average molecular weight is 302 g/mol. The maximum absolute atomic E-state index is 12.6. The van der Waals surface area contributed by atoms with Gasteiger partial charge >= 0.3 is 0 Å². The lowest BCUT2D eigenvalue weighted by molar-refractivity contribution is -0.136. The Hall–Kier alpha value is -2.50. The summed E-state index contributed by atoms with van der Waals surface area (Å²) >= 11 is 0. The number of aldehydes is 1. The van der Waals surface area contributed by atoms with E-state index in [1.807, 2.05) is 6.92 Å². The van der Waals surface area contributed by atoms with Crippen molar-refractivity contribution in [2.24, 2.45) is 0 Å². The van der Waals surface area contributed by atoms with Gasteiger partial charge in [0.05, 0.1) is 5.56 Å². The Morgan fingerprint density at radius 1 is 1.41 bits per heavy atom. The first-order valence-electron chi connectivity index (χ1n) is 7.16. The highest BCUT2D eigenvalue weighted by Gasteiger charge is 2.33. The molecular weight excluding hydrogens is 284 g/mol. The third kappa shape index (κ3) is 3.05. The van der Waals surface area contributed by atoms with Gasteiger partial charge in [0.1, 0.15) is 6.04 Å². The normalized spacial score (nSPS) is 17.8. The summed E-state index contributed by atoms with van der Waals surface area (Å²) in [6.07, 6.45) is 1.89. The van der Waals surface area contributed by atoms with Gasteiger partial charge in [-0.1, -0.05) is 13.0 Å². The highest BCUT2D eigenvalue weighted by atomic mass is 16.2. The number of benzene rings is 1. The van der Waals surface area contributed by atoms with Crippen molar-refractivity contribution in [3.05, 3.63) is 34.9 Å². The van der Waals surface area contributed by atoms with E-state index in [9.17, 15) is 19.2 Å². The van der Waals surface area contributed by atoms with Crippen LogP contribution >= 0.6 is 0 Å². The highest BCUT2D eigenvalue weighted by molar-refractivity contribution is 6.06. The predicted octanol–water partition coefficient (Wildman–Crippen LogP) is 0.939. The fourth-order valence-electron chi connectivity index (χ4n) is 2.51. The molecule has 0 spiro atoms. The monoisotopic (exact) mass is 302 g/mol. The number of hydrogen-bond acceptors (Lipinski definition) is 4. The van der Waals surface area contributed by atoms with Gasteiger partial charge < -0.3 is 4.90 Å². The lowest BCUT2D eigenvalue weighted by Gasteiger charge is -2.30. The topological polar surface area (TPSA) is 83.6 Å². The highest BCUT2D eigenvalue weighted by Crippen LogP contribution is 2.17. The van der Waals surface area contributed by atoms with Gasteiger partial charge in [-0.25, -0.2) is 0 Å². The van der Waals surface area contributed by atoms with Gasteiger partial charge in [-0.3, -0.25) is 24.5 Å². The number of piperidine rings is 1. The van der Waals surface area contributed by atoms with Crippen LogP contribution in [0.4, 0.5) is 0 Å². The number of carbonyl (C=O) groups is 4. The third-order valence-electron chi connectivity index (χ3n) is 3.88. The number of likely N-dealkylation sites (N-methyl/N-ethyl adjacent to an activating group) is 1. The molecule has 0 aliphatic carbocycles. The van der Waals surface area contributed by atoms with Crippen LogP contribution in [0.5, 0.6) is 0 Å². The molecule has 1 heterocycles. The molecule has 22 heavy (non-hydrogen) atoms. The first kappa shape index (κ1) is 15.9. The molecule has 0 saturated carbocycles. The van der Waals surface area contributed by atoms with Gasteiger partial charge in [-0.15, -0.1) is 0 Å². The van der Waals surface area contributed by atoms with E-state index in [2.05, 4.69) is 5.32 Å². The Bertz CT molecular complexity index is 639. The second kappa shape index (κ2) is 6.51. The summed E-state index contributed by atoms with van der Waals surface area (Å²) in [5.41, 5.74) is 1.53. The number of carbonyl (C=O) groups excluding carboxylic acids is 4. The lowest BCUT2D eigenvalue weighted by Crippen LogP contribution is -2.53. The molecule has 0 bridgehead atoms. The van der Waals surface area contributed by atoms with Gasteiger partial charge in [-0.2, -0.15) is 0 Å². The average Bonchev–Trinajstić information content (AvgIpc) is 2.53. The molecule has 116 valence electrons. The standard InChI is InChI=1S/C16H18N2O4/c1-3-10-4-5-12(11(8-10)9-19)16(22)18(2)13-6-7-14(20)17-15(13)21/h4-5,8-9,13H,3,6-7H2,1-2H3,(H,17,20,21). The molecule has 1 aliphatic heterocycles. The maximum Gasteiger partial charge on any atom is 0.255 e. The second-order valence-electron chi connectivity index (χ2n) is 5.28. The van der Waals surface area contributed by atoms with E-state index in [-0.39, 0.29) is 24.3 Å². The maximum atomic E-state index is 12.6. The van der Waals surface area contributed by atoms with Crippen molar-refractivity contribution < 1.29 is 19.2 Å². The van der Waals surface area contributed by atoms with Crippen LogP contribution in [-0.2, 0) is 16.0 Å². The summed E-state index contributed by atoms with van der Waals surface area (Å²) in [4.78, 5) is 48.1. The van der Waals surface area contributed by atoms with Crippen molar-refractivity contribution in [3.8, 4) is 0 Å². The molecule has 1 aromatic rings. The fourth-order valence-corrected chi connectivity index (χ4v) is 2.51. The molecule has 1 saturated heterocycles. The molecule has 0 aromatic heterocycles. The molecule has 1 unspecified atom stereocenters. The van der Waals surface area contributed by atoms with Gasteiger partial charge in [0.2, 0.25) is 11.8 Å². The van der Waals surface area contributed by atoms with Crippen LogP contribution in [0.3, 0.4) is 0 Å². The van der Waals surface area contributed by atoms with Crippen molar-refractivity contribution in [1.29, 1.82) is 0 Å². The van der Waals surface area contributed by atoms with Crippen LogP contribution in [0.2, 0.25) is 0 Å². The van der Waals surface area contributed by atoms with Crippen LogP contribution in [0.15, 0.2) is 18.2 Å². The number of aryl methyl sites for hydroxylation is 1. The van der Waals surface area contributed by atoms with Gasteiger partial charge in [0.15, 0.2) is 6.29 Å². The van der Waals surface area contributed by atoms with E-state index < -0.39 is 17.9 Å². The van der Waals surface area contributed by atoms with E-state index in [1.54, 1.807) is 18.2 Å². The third-order valence-corrected chi connectivity index (χ3v) is 3.88. The Kier molecular flexibility index (Phi) is 4.70. The van der Waals surface area contributed by atoms with Crippen molar-refractivity contribution >= 4 is 24.0 Å². The Labute approximate surface area is 128 Å².